The van der Waals surface area contributed by atoms with Crippen molar-refractivity contribution < 1.29 is 9.72 Å². The first-order chi connectivity index (χ1) is 9.56. The minimum atomic E-state index is -0.467. The molecule has 0 aliphatic carbocycles. The van der Waals surface area contributed by atoms with E-state index >= 15 is 0 Å². The van der Waals surface area contributed by atoms with E-state index in [0.29, 0.717) is 12.1 Å². The summed E-state index contributed by atoms with van der Waals surface area (Å²) >= 11 is 0. The second kappa shape index (κ2) is 8.27. The third kappa shape index (κ3) is 5.36. The van der Waals surface area contributed by atoms with Crippen LogP contribution in [0.5, 0.6) is 0 Å². The lowest BCUT2D eigenvalue weighted by molar-refractivity contribution is -0.384. The molecule has 1 aromatic carbocycles. The Morgan fingerprint density at radius 3 is 2.85 bits per heavy atom. The van der Waals surface area contributed by atoms with Crippen molar-refractivity contribution in [1.82, 2.24) is 5.32 Å². The number of rotatable bonds is 8. The Hall–Kier alpha value is -1.95. The Morgan fingerprint density at radius 2 is 2.25 bits per heavy atom. The summed E-state index contributed by atoms with van der Waals surface area (Å²) in [6.07, 6.45) is 3.05. The van der Waals surface area contributed by atoms with Crippen molar-refractivity contribution >= 4 is 11.6 Å². The van der Waals surface area contributed by atoms with Crippen molar-refractivity contribution in [2.75, 3.05) is 6.54 Å². The lowest BCUT2D eigenvalue weighted by Gasteiger charge is -2.16. The quantitative estimate of drug-likeness (QED) is 0.559. The molecule has 0 spiro atoms. The second-order valence-electron chi connectivity index (χ2n) is 4.75. The summed E-state index contributed by atoms with van der Waals surface area (Å²) in [6, 6.07) is 6.09. The van der Waals surface area contributed by atoms with Gasteiger partial charge in [0.15, 0.2) is 0 Å². The van der Waals surface area contributed by atoms with Gasteiger partial charge in [-0.15, -0.1) is 0 Å². The average Bonchev–Trinajstić information content (AvgIpc) is 2.43. The van der Waals surface area contributed by atoms with Crippen LogP contribution in [-0.2, 0) is 11.2 Å². The smallest absolute Gasteiger partial charge is 0.269 e. The molecule has 0 saturated heterocycles. The van der Waals surface area contributed by atoms with Crippen molar-refractivity contribution in [2.45, 2.75) is 38.6 Å². The van der Waals surface area contributed by atoms with Gasteiger partial charge in [0.2, 0.25) is 5.91 Å². The minimum Gasteiger partial charge on any atom is -0.352 e. The Bertz CT molecular complexity index is 463. The Labute approximate surface area is 118 Å². The lowest BCUT2D eigenvalue weighted by Crippen LogP contribution is -2.40. The Kier molecular flexibility index (Phi) is 6.66. The molecule has 0 radical (unpaired) electrons. The highest BCUT2D eigenvalue weighted by atomic mass is 16.6. The SMILES string of the molecule is CCCCC(CN)NC(=O)Cc1cccc([N+](=O)[O-])c1. The molecule has 6 heteroatoms. The number of nitro groups is 1. The van der Waals surface area contributed by atoms with Crippen LogP contribution in [0.15, 0.2) is 24.3 Å². The predicted octanol–water partition coefficient (Wildman–Crippen LogP) is 1.77. The summed E-state index contributed by atoms with van der Waals surface area (Å²) in [6.45, 7) is 2.49. The standard InChI is InChI=1S/C14H21N3O3/c1-2-3-6-12(10-15)16-14(18)9-11-5-4-7-13(8-11)17(19)20/h4-5,7-8,12H,2-3,6,9-10,15H2,1H3,(H,16,18). The van der Waals surface area contributed by atoms with Crippen LogP contribution in [0.1, 0.15) is 31.7 Å². The third-order valence-corrected chi connectivity index (χ3v) is 3.04. The topological polar surface area (TPSA) is 98.3 Å². The fourth-order valence-electron chi connectivity index (χ4n) is 1.94. The number of unbranched alkanes of at least 4 members (excludes halogenated alkanes) is 1. The highest BCUT2D eigenvalue weighted by Crippen LogP contribution is 2.13. The number of amides is 1. The second-order valence-corrected chi connectivity index (χ2v) is 4.75. The molecule has 1 unspecified atom stereocenters. The van der Waals surface area contributed by atoms with E-state index in [1.54, 1.807) is 12.1 Å². The summed E-state index contributed by atoms with van der Waals surface area (Å²) in [5.74, 6) is -0.156. The van der Waals surface area contributed by atoms with Crippen LogP contribution in [0.25, 0.3) is 0 Å². The molecule has 0 aliphatic heterocycles. The van der Waals surface area contributed by atoms with E-state index < -0.39 is 4.92 Å². The van der Waals surface area contributed by atoms with E-state index in [-0.39, 0.29) is 24.1 Å². The summed E-state index contributed by atoms with van der Waals surface area (Å²) in [7, 11) is 0. The van der Waals surface area contributed by atoms with Gasteiger partial charge in [-0.1, -0.05) is 31.9 Å². The van der Waals surface area contributed by atoms with Crippen LogP contribution in [0, 0.1) is 10.1 Å². The van der Waals surface area contributed by atoms with Gasteiger partial charge in [-0.2, -0.15) is 0 Å². The molecular formula is C14H21N3O3. The van der Waals surface area contributed by atoms with Crippen molar-refractivity contribution in [3.63, 3.8) is 0 Å². The van der Waals surface area contributed by atoms with Gasteiger partial charge in [-0.25, -0.2) is 0 Å². The molecule has 3 N–H and O–H groups in total. The van der Waals surface area contributed by atoms with Crippen LogP contribution in [0.2, 0.25) is 0 Å². The van der Waals surface area contributed by atoms with Crippen LogP contribution in [-0.4, -0.2) is 23.4 Å². The highest BCUT2D eigenvalue weighted by Gasteiger charge is 2.12. The Balaban J connectivity index is 2.57. The van der Waals surface area contributed by atoms with E-state index in [1.807, 2.05) is 0 Å². The molecule has 0 aliphatic rings. The summed E-state index contributed by atoms with van der Waals surface area (Å²) < 4.78 is 0. The number of nitrogens with zero attached hydrogens (tertiary/aromatic N) is 1. The summed E-state index contributed by atoms with van der Waals surface area (Å²) in [5, 5.41) is 13.5. The number of nitrogens with one attached hydrogen (secondary N) is 1. The van der Waals surface area contributed by atoms with Crippen LogP contribution < -0.4 is 11.1 Å². The van der Waals surface area contributed by atoms with Gasteiger partial charge >= 0.3 is 0 Å². The fraction of sp³-hybridized carbons (Fsp3) is 0.500. The monoisotopic (exact) mass is 279 g/mol. The zero-order chi connectivity index (χ0) is 15.0. The molecule has 1 aromatic rings. The number of nitrogens with two attached hydrogens (primary N) is 1. The molecule has 1 amide bonds. The zero-order valence-electron chi connectivity index (χ0n) is 11.7. The molecule has 6 nitrogen and oxygen atoms in total. The molecule has 0 saturated carbocycles. The van der Waals surface area contributed by atoms with Gasteiger partial charge in [0.25, 0.3) is 5.69 Å². The number of carbonyl (C=O) groups excluding carboxylic acids is 1. The maximum Gasteiger partial charge on any atom is 0.269 e. The number of non-ortho nitro benzene ring substituents is 1. The summed E-state index contributed by atoms with van der Waals surface area (Å²) in [4.78, 5) is 22.1. The number of hydrogen-bond acceptors (Lipinski definition) is 4. The van der Waals surface area contributed by atoms with Gasteiger partial charge < -0.3 is 11.1 Å². The molecular weight excluding hydrogens is 258 g/mol. The van der Waals surface area contributed by atoms with Crippen molar-refractivity contribution in [1.29, 1.82) is 0 Å². The number of hydrogen-bond donors (Lipinski definition) is 2. The van der Waals surface area contributed by atoms with Crippen molar-refractivity contribution in [3.8, 4) is 0 Å². The first-order valence-corrected chi connectivity index (χ1v) is 6.79. The maximum absolute atomic E-state index is 11.9. The number of benzene rings is 1. The van der Waals surface area contributed by atoms with Crippen molar-refractivity contribution in [2.24, 2.45) is 5.73 Å². The minimum absolute atomic E-state index is 0.00309. The molecule has 110 valence electrons. The molecule has 1 atom stereocenters. The highest BCUT2D eigenvalue weighted by molar-refractivity contribution is 5.79. The van der Waals surface area contributed by atoms with E-state index in [0.717, 1.165) is 19.3 Å². The van der Waals surface area contributed by atoms with Gasteiger partial charge in [0.05, 0.1) is 11.3 Å². The first kappa shape index (κ1) is 16.1. The third-order valence-electron chi connectivity index (χ3n) is 3.04. The molecule has 0 heterocycles. The maximum atomic E-state index is 11.9. The summed E-state index contributed by atoms with van der Waals surface area (Å²) in [5.41, 5.74) is 6.24. The van der Waals surface area contributed by atoms with Crippen LogP contribution in [0.3, 0.4) is 0 Å². The van der Waals surface area contributed by atoms with Gasteiger partial charge in [0, 0.05) is 24.7 Å². The van der Waals surface area contributed by atoms with Gasteiger partial charge in [0.1, 0.15) is 0 Å². The molecule has 20 heavy (non-hydrogen) atoms. The Morgan fingerprint density at radius 1 is 1.50 bits per heavy atom. The van der Waals surface area contributed by atoms with E-state index in [9.17, 15) is 14.9 Å². The predicted molar refractivity (Wildman–Crippen MR) is 77.3 cm³/mol. The average molecular weight is 279 g/mol. The largest absolute Gasteiger partial charge is 0.352 e. The van der Waals surface area contributed by atoms with E-state index in [2.05, 4.69) is 12.2 Å². The van der Waals surface area contributed by atoms with Crippen LogP contribution in [0.4, 0.5) is 5.69 Å². The van der Waals surface area contributed by atoms with Crippen molar-refractivity contribution in [3.05, 3.63) is 39.9 Å². The number of carbonyl (C=O) groups is 1. The normalized spacial score (nSPS) is 11.9. The first-order valence-electron chi connectivity index (χ1n) is 6.79. The lowest BCUT2D eigenvalue weighted by atomic mass is 10.1. The molecule has 0 bridgehead atoms. The number of nitro benzene ring substituents is 1. The molecule has 0 aromatic heterocycles. The molecule has 0 fully saturated rings. The van der Waals surface area contributed by atoms with Crippen LogP contribution >= 0.6 is 0 Å². The van der Waals surface area contributed by atoms with Gasteiger partial charge in [-0.05, 0) is 12.0 Å². The van der Waals surface area contributed by atoms with E-state index in [4.69, 9.17) is 5.73 Å². The van der Waals surface area contributed by atoms with E-state index in [1.165, 1.54) is 12.1 Å². The zero-order valence-corrected chi connectivity index (χ0v) is 11.7. The fourth-order valence-corrected chi connectivity index (χ4v) is 1.94. The van der Waals surface area contributed by atoms with Gasteiger partial charge in [-0.3, -0.25) is 14.9 Å². The molecule has 1 rings (SSSR count).